The van der Waals surface area contributed by atoms with E-state index >= 15 is 0 Å². The summed E-state index contributed by atoms with van der Waals surface area (Å²) in [6, 6.07) is 6.80. The summed E-state index contributed by atoms with van der Waals surface area (Å²) in [6.07, 6.45) is -1.35. The molecule has 0 aromatic heterocycles. The van der Waals surface area contributed by atoms with Crippen LogP contribution in [0.4, 0.5) is 0 Å². The van der Waals surface area contributed by atoms with Gasteiger partial charge in [-0.25, -0.2) is 4.79 Å². The fourth-order valence-corrected chi connectivity index (χ4v) is 3.69. The Labute approximate surface area is 224 Å². The van der Waals surface area contributed by atoms with Crippen molar-refractivity contribution >= 4 is 36.3 Å². The normalized spacial score (nSPS) is 14.8. The third kappa shape index (κ3) is 9.25. The van der Waals surface area contributed by atoms with E-state index in [9.17, 15) is 34.5 Å². The van der Waals surface area contributed by atoms with Crippen molar-refractivity contribution < 1.29 is 39.6 Å². The van der Waals surface area contributed by atoms with Crippen molar-refractivity contribution in [3.8, 4) is 11.5 Å². The molecule has 2 rings (SSSR count). The molecule has 0 heterocycles. The minimum atomic E-state index is -1.53. The van der Waals surface area contributed by atoms with Gasteiger partial charge in [-0.3, -0.25) is 14.4 Å². The predicted octanol–water partition coefficient (Wildman–Crippen LogP) is -0.940. The Kier molecular flexibility index (Phi) is 11.4. The lowest BCUT2D eigenvalue weighted by molar-refractivity contribution is -0.142. The number of carbonyl (C=O) groups is 4. The van der Waals surface area contributed by atoms with E-state index in [-0.39, 0.29) is 30.1 Å². The highest BCUT2D eigenvalue weighted by atomic mass is 32.1. The summed E-state index contributed by atoms with van der Waals surface area (Å²) >= 11 is 3.88. The number of aromatic hydroxyl groups is 2. The maximum atomic E-state index is 13.2. The first kappa shape index (κ1) is 30.4. The molecule has 0 aliphatic carbocycles. The van der Waals surface area contributed by atoms with Gasteiger partial charge in [0.25, 0.3) is 0 Å². The van der Waals surface area contributed by atoms with Crippen molar-refractivity contribution in [1.82, 2.24) is 16.0 Å². The minimum Gasteiger partial charge on any atom is -0.508 e. The fourth-order valence-electron chi connectivity index (χ4n) is 3.44. The first-order valence-corrected chi connectivity index (χ1v) is 12.3. The number of benzene rings is 2. The quantitative estimate of drug-likeness (QED) is 0.141. The smallest absolute Gasteiger partial charge is 0.327 e. The number of phenolic OH excluding ortho intramolecular Hbond substituents is 2. The number of carboxylic acid groups (broad SMARTS) is 1. The molecule has 13 heteroatoms. The summed E-state index contributed by atoms with van der Waals surface area (Å²) in [5, 5.41) is 45.4. The Balaban J connectivity index is 2.21. The largest absolute Gasteiger partial charge is 0.508 e. The lowest BCUT2D eigenvalue weighted by Crippen LogP contribution is -2.60. The van der Waals surface area contributed by atoms with Gasteiger partial charge in [-0.2, -0.15) is 12.6 Å². The number of aliphatic hydroxyl groups is 1. The SMILES string of the molecule is CC(O)C(NC(=O)C(Cc1ccc(O)cc1)NC(=O)C(N)Cc1ccc(O)cc1)C(=O)NC(CS)C(=O)O. The van der Waals surface area contributed by atoms with Gasteiger partial charge >= 0.3 is 5.97 Å². The zero-order valence-corrected chi connectivity index (χ0v) is 21.5. The van der Waals surface area contributed by atoms with Crippen LogP contribution in [0.15, 0.2) is 48.5 Å². The van der Waals surface area contributed by atoms with E-state index in [4.69, 9.17) is 10.8 Å². The molecular weight excluding hydrogens is 516 g/mol. The van der Waals surface area contributed by atoms with Crippen LogP contribution in [0.3, 0.4) is 0 Å². The number of amides is 3. The summed E-state index contributed by atoms with van der Waals surface area (Å²) < 4.78 is 0. The molecule has 9 N–H and O–H groups in total. The number of carbonyl (C=O) groups excluding carboxylic acids is 3. The molecule has 2 aromatic rings. The van der Waals surface area contributed by atoms with Crippen molar-refractivity contribution in [2.45, 2.75) is 50.0 Å². The summed E-state index contributed by atoms with van der Waals surface area (Å²) in [4.78, 5) is 50.0. The zero-order valence-electron chi connectivity index (χ0n) is 20.6. The Bertz CT molecular complexity index is 1110. The topological polar surface area (TPSA) is 211 Å². The van der Waals surface area contributed by atoms with Crippen LogP contribution >= 0.6 is 12.6 Å². The van der Waals surface area contributed by atoms with Gasteiger partial charge in [0.2, 0.25) is 17.7 Å². The highest BCUT2D eigenvalue weighted by molar-refractivity contribution is 7.80. The van der Waals surface area contributed by atoms with Gasteiger partial charge in [0, 0.05) is 12.2 Å². The number of nitrogens with one attached hydrogen (secondary N) is 3. The van der Waals surface area contributed by atoms with Gasteiger partial charge in [0.05, 0.1) is 12.1 Å². The molecule has 0 fully saturated rings. The number of phenols is 2. The molecular formula is C25H32N4O8S. The monoisotopic (exact) mass is 548 g/mol. The van der Waals surface area contributed by atoms with Gasteiger partial charge in [-0.15, -0.1) is 0 Å². The molecule has 206 valence electrons. The molecule has 0 aliphatic rings. The number of nitrogens with two attached hydrogens (primary N) is 1. The average molecular weight is 549 g/mol. The summed E-state index contributed by atoms with van der Waals surface area (Å²) in [5.74, 6) is -3.97. The summed E-state index contributed by atoms with van der Waals surface area (Å²) in [7, 11) is 0. The Morgan fingerprint density at radius 3 is 1.71 bits per heavy atom. The van der Waals surface area contributed by atoms with Crippen molar-refractivity contribution in [2.75, 3.05) is 5.75 Å². The van der Waals surface area contributed by atoms with Crippen LogP contribution in [0, 0.1) is 0 Å². The minimum absolute atomic E-state index is 0.00211. The molecule has 12 nitrogen and oxygen atoms in total. The molecule has 0 radical (unpaired) electrons. The second-order valence-corrected chi connectivity index (χ2v) is 9.08. The Hall–Kier alpha value is -3.81. The van der Waals surface area contributed by atoms with E-state index in [0.717, 1.165) is 0 Å². The predicted molar refractivity (Wildman–Crippen MR) is 141 cm³/mol. The first-order valence-electron chi connectivity index (χ1n) is 11.7. The zero-order chi connectivity index (χ0) is 28.4. The van der Waals surface area contributed by atoms with Gasteiger partial charge < -0.3 is 42.1 Å². The van der Waals surface area contributed by atoms with Crippen LogP contribution in [0.5, 0.6) is 11.5 Å². The second kappa shape index (κ2) is 14.2. The molecule has 0 saturated carbocycles. The van der Waals surface area contributed by atoms with Crippen molar-refractivity contribution in [3.63, 3.8) is 0 Å². The van der Waals surface area contributed by atoms with E-state index in [2.05, 4.69) is 28.6 Å². The molecule has 5 atom stereocenters. The Morgan fingerprint density at radius 1 is 0.789 bits per heavy atom. The highest BCUT2D eigenvalue weighted by Gasteiger charge is 2.32. The molecule has 0 bridgehead atoms. The van der Waals surface area contributed by atoms with E-state index in [1.54, 1.807) is 24.3 Å². The van der Waals surface area contributed by atoms with Crippen LogP contribution in [0.1, 0.15) is 18.1 Å². The van der Waals surface area contributed by atoms with E-state index in [1.165, 1.54) is 31.2 Å². The summed E-state index contributed by atoms with van der Waals surface area (Å²) in [6.45, 7) is 1.24. The maximum absolute atomic E-state index is 13.2. The third-order valence-corrected chi connectivity index (χ3v) is 5.96. The van der Waals surface area contributed by atoms with Gasteiger partial charge in [0.15, 0.2) is 0 Å². The van der Waals surface area contributed by atoms with E-state index in [0.29, 0.717) is 11.1 Å². The molecule has 0 saturated heterocycles. The number of rotatable bonds is 13. The van der Waals surface area contributed by atoms with Crippen molar-refractivity contribution in [2.24, 2.45) is 5.73 Å². The summed E-state index contributed by atoms with van der Waals surface area (Å²) in [5.41, 5.74) is 7.28. The van der Waals surface area contributed by atoms with Gasteiger partial charge in [-0.05, 0) is 48.7 Å². The molecule has 0 spiro atoms. The lowest BCUT2D eigenvalue weighted by atomic mass is 10.0. The van der Waals surface area contributed by atoms with Crippen LogP contribution in [-0.2, 0) is 32.0 Å². The maximum Gasteiger partial charge on any atom is 0.327 e. The van der Waals surface area contributed by atoms with Crippen LogP contribution < -0.4 is 21.7 Å². The molecule has 2 aromatic carbocycles. The van der Waals surface area contributed by atoms with Crippen LogP contribution in [0.25, 0.3) is 0 Å². The molecule has 38 heavy (non-hydrogen) atoms. The standard InChI is InChI=1S/C25H32N4O8S/c1-13(30)21(24(35)28-20(12-38)25(36)37)29-23(34)19(11-15-4-8-17(32)9-5-15)27-22(33)18(26)10-14-2-6-16(31)7-3-14/h2-9,13,18-21,30-32,38H,10-12,26H2,1H3,(H,27,33)(H,28,35)(H,29,34)(H,36,37). The number of carboxylic acids is 1. The highest BCUT2D eigenvalue weighted by Crippen LogP contribution is 2.13. The number of aliphatic carboxylic acids is 1. The van der Waals surface area contributed by atoms with Gasteiger partial charge in [0.1, 0.15) is 29.6 Å². The van der Waals surface area contributed by atoms with E-state index < -0.39 is 54.0 Å². The lowest BCUT2D eigenvalue weighted by Gasteiger charge is -2.26. The number of aliphatic hydroxyl groups excluding tert-OH is 1. The van der Waals surface area contributed by atoms with Crippen LogP contribution in [0.2, 0.25) is 0 Å². The van der Waals surface area contributed by atoms with E-state index in [1.807, 2.05) is 0 Å². The number of thiol groups is 1. The van der Waals surface area contributed by atoms with Crippen molar-refractivity contribution in [1.29, 1.82) is 0 Å². The van der Waals surface area contributed by atoms with Crippen LogP contribution in [-0.4, -0.2) is 80.1 Å². The average Bonchev–Trinajstić information content (AvgIpc) is 2.87. The van der Waals surface area contributed by atoms with Gasteiger partial charge in [-0.1, -0.05) is 24.3 Å². The second-order valence-electron chi connectivity index (χ2n) is 8.72. The third-order valence-electron chi connectivity index (χ3n) is 5.60. The molecule has 5 unspecified atom stereocenters. The first-order chi connectivity index (χ1) is 17.9. The number of hydrogen-bond donors (Lipinski definition) is 9. The number of hydrogen-bond acceptors (Lipinski definition) is 9. The Morgan fingerprint density at radius 2 is 1.26 bits per heavy atom. The van der Waals surface area contributed by atoms with Crippen molar-refractivity contribution in [3.05, 3.63) is 59.7 Å². The molecule has 0 aliphatic heterocycles. The molecule has 3 amide bonds. The fraction of sp³-hybridized carbons (Fsp3) is 0.360.